The van der Waals surface area contributed by atoms with E-state index in [-0.39, 0.29) is 5.91 Å². The van der Waals surface area contributed by atoms with Crippen molar-refractivity contribution >= 4 is 23.8 Å². The fourth-order valence-electron chi connectivity index (χ4n) is 2.33. The quantitative estimate of drug-likeness (QED) is 0.750. The highest BCUT2D eigenvalue weighted by Gasteiger charge is 2.16. The average Bonchev–Trinajstić information content (AvgIpc) is 2.94. The summed E-state index contributed by atoms with van der Waals surface area (Å²) in [6, 6.07) is 0. The van der Waals surface area contributed by atoms with Crippen molar-refractivity contribution in [2.75, 3.05) is 26.2 Å². The first-order valence-corrected chi connectivity index (χ1v) is 7.68. The lowest BCUT2D eigenvalue weighted by Gasteiger charge is -2.18. The standard InChI is InChI=1S/C15H24N6O/c1-4-20(5-2)9-7-16-13(22)6-8-21-11-19-14-12(3)17-10-18-15(14)21/h10-11H,3-9H2,1-2H3,(H,16,22)(H,17,18). The molecule has 1 aromatic heterocycles. The van der Waals surface area contributed by atoms with Gasteiger partial charge in [0.05, 0.1) is 18.4 Å². The lowest BCUT2D eigenvalue weighted by molar-refractivity contribution is -0.121. The van der Waals surface area contributed by atoms with Crippen molar-refractivity contribution in [3.8, 4) is 0 Å². The molecule has 0 unspecified atom stereocenters. The second kappa shape index (κ2) is 7.74. The van der Waals surface area contributed by atoms with Gasteiger partial charge in [-0.3, -0.25) is 4.79 Å². The highest BCUT2D eigenvalue weighted by atomic mass is 16.1. The van der Waals surface area contributed by atoms with Crippen LogP contribution in [0.2, 0.25) is 0 Å². The van der Waals surface area contributed by atoms with Crippen molar-refractivity contribution in [1.29, 1.82) is 0 Å². The van der Waals surface area contributed by atoms with Crippen molar-refractivity contribution in [3.63, 3.8) is 0 Å². The summed E-state index contributed by atoms with van der Waals surface area (Å²) in [4.78, 5) is 22.7. The summed E-state index contributed by atoms with van der Waals surface area (Å²) < 4.78 is 1.88. The van der Waals surface area contributed by atoms with Crippen molar-refractivity contribution in [2.45, 2.75) is 26.8 Å². The first kappa shape index (κ1) is 16.2. The van der Waals surface area contributed by atoms with Crippen LogP contribution in [0.15, 0.2) is 17.9 Å². The van der Waals surface area contributed by atoms with Crippen LogP contribution < -0.4 is 10.6 Å². The monoisotopic (exact) mass is 304 g/mol. The van der Waals surface area contributed by atoms with Gasteiger partial charge in [0.1, 0.15) is 5.69 Å². The molecule has 0 aromatic carbocycles. The van der Waals surface area contributed by atoms with Gasteiger partial charge in [-0.2, -0.15) is 0 Å². The second-order valence-corrected chi connectivity index (χ2v) is 5.12. The predicted octanol–water partition coefficient (Wildman–Crippen LogP) is 0.965. The van der Waals surface area contributed by atoms with Crippen LogP contribution in [0.5, 0.6) is 0 Å². The third kappa shape index (κ3) is 3.94. The molecule has 2 heterocycles. The summed E-state index contributed by atoms with van der Waals surface area (Å²) in [5.41, 5.74) is 1.47. The molecule has 7 nitrogen and oxygen atoms in total. The number of aromatic nitrogens is 2. The second-order valence-electron chi connectivity index (χ2n) is 5.12. The van der Waals surface area contributed by atoms with Crippen LogP contribution in [-0.2, 0) is 11.3 Å². The molecule has 0 spiro atoms. The lowest BCUT2D eigenvalue weighted by Crippen LogP contribution is -2.35. The largest absolute Gasteiger partial charge is 0.355 e. The van der Waals surface area contributed by atoms with Gasteiger partial charge in [0.2, 0.25) is 5.91 Å². The van der Waals surface area contributed by atoms with Gasteiger partial charge in [0.25, 0.3) is 0 Å². The first-order valence-electron chi connectivity index (χ1n) is 7.68. The molecule has 2 rings (SSSR count). The first-order chi connectivity index (χ1) is 10.7. The van der Waals surface area contributed by atoms with E-state index in [9.17, 15) is 4.79 Å². The Balaban J connectivity index is 1.78. The lowest BCUT2D eigenvalue weighted by atomic mass is 10.3. The van der Waals surface area contributed by atoms with Gasteiger partial charge in [-0.25, -0.2) is 9.98 Å². The number of amides is 1. The molecule has 1 aliphatic rings. The maximum atomic E-state index is 11.9. The van der Waals surface area contributed by atoms with E-state index >= 15 is 0 Å². The van der Waals surface area contributed by atoms with E-state index in [0.717, 1.165) is 36.8 Å². The molecule has 0 bridgehead atoms. The SMILES string of the molecule is C=C1NC=Nc2c1ncn2CCC(=O)NCCN(CC)CC. The number of carbonyl (C=O) groups excluding carboxylic acids is 1. The minimum Gasteiger partial charge on any atom is -0.355 e. The molecule has 0 fully saturated rings. The summed E-state index contributed by atoms with van der Waals surface area (Å²) in [6.07, 6.45) is 3.70. The van der Waals surface area contributed by atoms with Crippen molar-refractivity contribution < 1.29 is 4.79 Å². The zero-order valence-electron chi connectivity index (χ0n) is 13.3. The molecule has 1 aromatic rings. The number of aryl methyl sites for hydroxylation is 1. The molecule has 0 aliphatic carbocycles. The van der Waals surface area contributed by atoms with Gasteiger partial charge in [-0.1, -0.05) is 20.4 Å². The number of rotatable bonds is 8. The Hall–Kier alpha value is -2.15. The Morgan fingerprint density at radius 2 is 2.23 bits per heavy atom. The van der Waals surface area contributed by atoms with Gasteiger partial charge in [0.15, 0.2) is 5.82 Å². The van der Waals surface area contributed by atoms with E-state index in [0.29, 0.717) is 19.5 Å². The topological polar surface area (TPSA) is 74.5 Å². The van der Waals surface area contributed by atoms with E-state index in [1.807, 2.05) is 4.57 Å². The minimum atomic E-state index is 0.0475. The van der Waals surface area contributed by atoms with Crippen LogP contribution in [0.25, 0.3) is 5.70 Å². The number of carbonyl (C=O) groups is 1. The summed E-state index contributed by atoms with van der Waals surface area (Å²) in [5, 5.41) is 5.87. The molecule has 22 heavy (non-hydrogen) atoms. The Morgan fingerprint density at radius 1 is 1.45 bits per heavy atom. The molecular formula is C15H24N6O. The van der Waals surface area contributed by atoms with Crippen LogP contribution >= 0.6 is 0 Å². The number of aliphatic imine (C=N–C) groups is 1. The van der Waals surface area contributed by atoms with Gasteiger partial charge >= 0.3 is 0 Å². The number of fused-ring (bicyclic) bond motifs is 1. The third-order valence-corrected chi connectivity index (χ3v) is 3.75. The highest BCUT2D eigenvalue weighted by molar-refractivity contribution is 5.83. The van der Waals surface area contributed by atoms with Crippen LogP contribution in [0, 0.1) is 0 Å². The molecule has 2 N–H and O–H groups in total. The number of likely N-dealkylation sites (N-methyl/N-ethyl adjacent to an activating group) is 1. The zero-order chi connectivity index (χ0) is 15.9. The molecule has 0 radical (unpaired) electrons. The van der Waals surface area contributed by atoms with Crippen LogP contribution in [0.3, 0.4) is 0 Å². The van der Waals surface area contributed by atoms with Crippen molar-refractivity contribution in [2.24, 2.45) is 4.99 Å². The van der Waals surface area contributed by atoms with Gasteiger partial charge < -0.3 is 20.1 Å². The maximum absolute atomic E-state index is 11.9. The molecule has 0 atom stereocenters. The summed E-state index contributed by atoms with van der Waals surface area (Å²) in [6.45, 7) is 12.3. The minimum absolute atomic E-state index is 0.0475. The summed E-state index contributed by atoms with van der Waals surface area (Å²) in [5.74, 6) is 0.797. The molecule has 7 heteroatoms. The maximum Gasteiger partial charge on any atom is 0.221 e. The molecule has 0 saturated heterocycles. The van der Waals surface area contributed by atoms with E-state index in [2.05, 4.69) is 45.9 Å². The fraction of sp³-hybridized carbons (Fsp3) is 0.533. The molecule has 1 aliphatic heterocycles. The normalized spacial score (nSPS) is 13.1. The Kier molecular flexibility index (Phi) is 5.71. The number of nitrogens with one attached hydrogen (secondary N) is 2. The van der Waals surface area contributed by atoms with Crippen LogP contribution in [0.4, 0.5) is 5.82 Å². The van der Waals surface area contributed by atoms with Gasteiger partial charge in [0, 0.05) is 26.1 Å². The summed E-state index contributed by atoms with van der Waals surface area (Å²) >= 11 is 0. The van der Waals surface area contributed by atoms with Crippen LogP contribution in [0.1, 0.15) is 26.0 Å². The predicted molar refractivity (Wildman–Crippen MR) is 88.0 cm³/mol. The third-order valence-electron chi connectivity index (χ3n) is 3.75. The smallest absolute Gasteiger partial charge is 0.221 e. The van der Waals surface area contributed by atoms with Gasteiger partial charge in [-0.15, -0.1) is 0 Å². The van der Waals surface area contributed by atoms with Gasteiger partial charge in [-0.05, 0) is 13.1 Å². The molecule has 120 valence electrons. The van der Waals surface area contributed by atoms with Crippen LogP contribution in [-0.4, -0.2) is 52.9 Å². The fourth-order valence-corrected chi connectivity index (χ4v) is 2.33. The molecular weight excluding hydrogens is 280 g/mol. The number of imidazole rings is 1. The number of hydrogen-bond donors (Lipinski definition) is 2. The van der Waals surface area contributed by atoms with E-state index in [1.54, 1.807) is 12.7 Å². The van der Waals surface area contributed by atoms with E-state index in [1.165, 1.54) is 0 Å². The Bertz CT molecular complexity index is 558. The zero-order valence-corrected chi connectivity index (χ0v) is 13.3. The molecule has 0 saturated carbocycles. The Labute approximate surface area is 131 Å². The average molecular weight is 304 g/mol. The van der Waals surface area contributed by atoms with E-state index in [4.69, 9.17) is 0 Å². The number of hydrogen-bond acceptors (Lipinski definition) is 5. The Morgan fingerprint density at radius 3 is 2.95 bits per heavy atom. The highest BCUT2D eigenvalue weighted by Crippen LogP contribution is 2.25. The van der Waals surface area contributed by atoms with Crippen molar-refractivity contribution in [3.05, 3.63) is 18.6 Å². The van der Waals surface area contributed by atoms with Crippen molar-refractivity contribution in [1.82, 2.24) is 25.1 Å². The van der Waals surface area contributed by atoms with E-state index < -0.39 is 0 Å². The summed E-state index contributed by atoms with van der Waals surface area (Å²) in [7, 11) is 0. The molecule has 1 amide bonds. The number of nitrogens with zero attached hydrogens (tertiary/aromatic N) is 4.